The van der Waals surface area contributed by atoms with Gasteiger partial charge in [0, 0.05) is 32.1 Å². The summed E-state index contributed by atoms with van der Waals surface area (Å²) in [4.78, 5) is 29.1. The van der Waals surface area contributed by atoms with E-state index in [-0.39, 0.29) is 17.9 Å². The van der Waals surface area contributed by atoms with Gasteiger partial charge in [0.1, 0.15) is 6.04 Å². The van der Waals surface area contributed by atoms with Crippen LogP contribution in [0.25, 0.3) is 0 Å². The molecular formula is C23H26N2O2. The van der Waals surface area contributed by atoms with Crippen LogP contribution in [-0.2, 0) is 22.4 Å². The Morgan fingerprint density at radius 3 is 2.33 bits per heavy atom. The van der Waals surface area contributed by atoms with E-state index in [9.17, 15) is 9.59 Å². The number of anilines is 1. The van der Waals surface area contributed by atoms with Crippen LogP contribution in [0.2, 0.25) is 0 Å². The second kappa shape index (κ2) is 7.55. The van der Waals surface area contributed by atoms with Crippen LogP contribution >= 0.6 is 0 Å². The van der Waals surface area contributed by atoms with Gasteiger partial charge in [-0.25, -0.2) is 0 Å². The zero-order valence-corrected chi connectivity index (χ0v) is 15.8. The Morgan fingerprint density at radius 1 is 0.963 bits per heavy atom. The largest absolute Gasteiger partial charge is 0.341 e. The average Bonchev–Trinajstić information content (AvgIpc) is 3.09. The molecule has 2 heterocycles. The number of rotatable bonds is 3. The molecule has 4 rings (SSSR count). The second-order valence-electron chi connectivity index (χ2n) is 7.70. The molecule has 1 saturated heterocycles. The van der Waals surface area contributed by atoms with Gasteiger partial charge in [-0.2, -0.15) is 0 Å². The van der Waals surface area contributed by atoms with Crippen LogP contribution in [0.5, 0.6) is 0 Å². The highest BCUT2D eigenvalue weighted by Crippen LogP contribution is 2.33. The molecule has 1 atom stereocenters. The minimum Gasteiger partial charge on any atom is -0.341 e. The number of benzene rings is 2. The van der Waals surface area contributed by atoms with Crippen LogP contribution < -0.4 is 4.90 Å². The number of hydrogen-bond acceptors (Lipinski definition) is 2. The van der Waals surface area contributed by atoms with Gasteiger partial charge in [0.2, 0.25) is 11.8 Å². The average molecular weight is 362 g/mol. The van der Waals surface area contributed by atoms with E-state index in [0.717, 1.165) is 43.6 Å². The Morgan fingerprint density at radius 2 is 1.63 bits per heavy atom. The van der Waals surface area contributed by atoms with Gasteiger partial charge in [-0.15, -0.1) is 0 Å². The molecule has 27 heavy (non-hydrogen) atoms. The predicted octanol–water partition coefficient (Wildman–Crippen LogP) is 3.45. The molecule has 2 aliphatic rings. The van der Waals surface area contributed by atoms with Crippen LogP contribution in [0.1, 0.15) is 30.9 Å². The summed E-state index contributed by atoms with van der Waals surface area (Å²) in [5.41, 5.74) is 3.35. The number of para-hydroxylation sites is 1. The minimum absolute atomic E-state index is 0.0581. The van der Waals surface area contributed by atoms with Gasteiger partial charge in [0.15, 0.2) is 0 Å². The molecular weight excluding hydrogens is 336 g/mol. The molecule has 0 saturated carbocycles. The van der Waals surface area contributed by atoms with Gasteiger partial charge in [-0.05, 0) is 42.4 Å². The van der Waals surface area contributed by atoms with Crippen molar-refractivity contribution in [3.05, 3.63) is 65.7 Å². The fraction of sp³-hybridized carbons (Fsp3) is 0.391. The summed E-state index contributed by atoms with van der Waals surface area (Å²) in [6.07, 6.45) is 3.76. The van der Waals surface area contributed by atoms with Gasteiger partial charge in [0.05, 0.1) is 0 Å². The Balaban J connectivity index is 1.40. The number of piperidine rings is 1. The van der Waals surface area contributed by atoms with E-state index in [1.807, 2.05) is 35.2 Å². The van der Waals surface area contributed by atoms with Gasteiger partial charge in [-0.3, -0.25) is 14.5 Å². The zero-order valence-electron chi connectivity index (χ0n) is 15.8. The highest BCUT2D eigenvalue weighted by atomic mass is 16.2. The van der Waals surface area contributed by atoms with Gasteiger partial charge in [-0.1, -0.05) is 48.5 Å². The zero-order chi connectivity index (χ0) is 18.8. The van der Waals surface area contributed by atoms with Crippen molar-refractivity contribution in [3.63, 3.8) is 0 Å². The fourth-order valence-corrected chi connectivity index (χ4v) is 4.49. The minimum atomic E-state index is -0.384. The topological polar surface area (TPSA) is 40.6 Å². The summed E-state index contributed by atoms with van der Waals surface area (Å²) in [6.45, 7) is 3.12. The Kier molecular flexibility index (Phi) is 4.97. The molecule has 0 aromatic heterocycles. The highest BCUT2D eigenvalue weighted by Gasteiger charge is 2.39. The van der Waals surface area contributed by atoms with Crippen LogP contribution in [0.4, 0.5) is 5.69 Å². The van der Waals surface area contributed by atoms with Crippen molar-refractivity contribution in [1.29, 1.82) is 0 Å². The maximum Gasteiger partial charge on any atom is 0.246 e. The van der Waals surface area contributed by atoms with Crippen molar-refractivity contribution in [1.82, 2.24) is 4.90 Å². The molecule has 0 radical (unpaired) electrons. The summed E-state index contributed by atoms with van der Waals surface area (Å²) >= 11 is 0. The fourth-order valence-electron chi connectivity index (χ4n) is 4.49. The number of carbonyl (C=O) groups is 2. The number of fused-ring (bicyclic) bond motifs is 1. The van der Waals surface area contributed by atoms with E-state index < -0.39 is 0 Å². The lowest BCUT2D eigenvalue weighted by atomic mass is 9.90. The molecule has 1 fully saturated rings. The molecule has 2 aliphatic heterocycles. The standard InChI is InChI=1S/C23H26N2O2/c1-17(26)25-21-10-6-5-9-20(21)16-22(25)23(27)24-13-11-19(12-14-24)15-18-7-3-2-4-8-18/h2-10,19,22H,11-16H2,1H3/t22-/m0/s1. The Labute approximate surface area is 160 Å². The molecule has 140 valence electrons. The molecule has 2 amide bonds. The van der Waals surface area contributed by atoms with E-state index in [1.54, 1.807) is 11.8 Å². The lowest BCUT2D eigenvalue weighted by Crippen LogP contribution is -2.51. The molecule has 2 aromatic carbocycles. The first-order valence-electron chi connectivity index (χ1n) is 9.84. The number of amides is 2. The Hall–Kier alpha value is -2.62. The summed E-state index contributed by atoms with van der Waals surface area (Å²) in [5.74, 6) is 0.665. The first-order chi connectivity index (χ1) is 13.1. The summed E-state index contributed by atoms with van der Waals surface area (Å²) < 4.78 is 0. The summed E-state index contributed by atoms with van der Waals surface area (Å²) in [7, 11) is 0. The van der Waals surface area contributed by atoms with Crippen LogP contribution in [0.3, 0.4) is 0 Å². The molecule has 0 spiro atoms. The molecule has 0 aliphatic carbocycles. The maximum atomic E-state index is 13.2. The van der Waals surface area contributed by atoms with E-state index >= 15 is 0 Å². The lowest BCUT2D eigenvalue weighted by Gasteiger charge is -2.35. The van der Waals surface area contributed by atoms with Crippen molar-refractivity contribution in [2.45, 2.75) is 38.6 Å². The van der Waals surface area contributed by atoms with Crippen LogP contribution in [0.15, 0.2) is 54.6 Å². The van der Waals surface area contributed by atoms with Crippen molar-refractivity contribution in [2.24, 2.45) is 5.92 Å². The smallest absolute Gasteiger partial charge is 0.246 e. The normalized spacial score (nSPS) is 19.8. The number of nitrogens with zero attached hydrogens (tertiary/aromatic N) is 2. The molecule has 0 N–H and O–H groups in total. The third-order valence-electron chi connectivity index (χ3n) is 5.89. The highest BCUT2D eigenvalue weighted by molar-refractivity contribution is 6.02. The molecule has 0 unspecified atom stereocenters. The van der Waals surface area contributed by atoms with Gasteiger partial charge in [0.25, 0.3) is 0 Å². The van der Waals surface area contributed by atoms with Crippen molar-refractivity contribution < 1.29 is 9.59 Å². The molecule has 4 nitrogen and oxygen atoms in total. The first-order valence-corrected chi connectivity index (χ1v) is 9.84. The van der Waals surface area contributed by atoms with Crippen molar-refractivity contribution in [2.75, 3.05) is 18.0 Å². The number of hydrogen-bond donors (Lipinski definition) is 0. The maximum absolute atomic E-state index is 13.2. The third kappa shape index (κ3) is 3.61. The second-order valence-corrected chi connectivity index (χ2v) is 7.70. The SMILES string of the molecule is CC(=O)N1c2ccccc2C[C@H]1C(=O)N1CCC(Cc2ccccc2)CC1. The predicted molar refractivity (Wildman–Crippen MR) is 107 cm³/mol. The first kappa shape index (κ1) is 17.8. The van der Waals surface area contributed by atoms with Crippen LogP contribution in [-0.4, -0.2) is 35.8 Å². The monoisotopic (exact) mass is 362 g/mol. The lowest BCUT2D eigenvalue weighted by molar-refractivity contribution is -0.135. The van der Waals surface area contributed by atoms with Crippen molar-refractivity contribution >= 4 is 17.5 Å². The van der Waals surface area contributed by atoms with Gasteiger partial charge >= 0.3 is 0 Å². The number of likely N-dealkylation sites (tertiary alicyclic amines) is 1. The molecule has 2 aromatic rings. The van der Waals surface area contributed by atoms with E-state index in [1.165, 1.54) is 5.56 Å². The Bertz CT molecular complexity index is 825. The summed E-state index contributed by atoms with van der Waals surface area (Å²) in [6, 6.07) is 18.0. The molecule has 0 bridgehead atoms. The van der Waals surface area contributed by atoms with Gasteiger partial charge < -0.3 is 4.90 Å². The number of carbonyl (C=O) groups excluding carboxylic acids is 2. The van der Waals surface area contributed by atoms with Crippen molar-refractivity contribution in [3.8, 4) is 0 Å². The van der Waals surface area contributed by atoms with E-state index in [4.69, 9.17) is 0 Å². The summed E-state index contributed by atoms with van der Waals surface area (Å²) in [5, 5.41) is 0. The van der Waals surface area contributed by atoms with Crippen LogP contribution in [0, 0.1) is 5.92 Å². The quantitative estimate of drug-likeness (QED) is 0.839. The molecule has 4 heteroatoms. The van der Waals surface area contributed by atoms with E-state index in [2.05, 4.69) is 24.3 Å². The third-order valence-corrected chi connectivity index (χ3v) is 5.89. The van der Waals surface area contributed by atoms with E-state index in [0.29, 0.717) is 12.3 Å².